The molecule has 0 amide bonds. The molecular formula is C8H17ClFN. The van der Waals surface area contributed by atoms with Crippen LogP contribution in [-0.4, -0.2) is 12.7 Å². The monoisotopic (exact) mass is 181 g/mol. The van der Waals surface area contributed by atoms with Gasteiger partial charge in [0.25, 0.3) is 0 Å². The van der Waals surface area contributed by atoms with Crippen LogP contribution in [0.5, 0.6) is 0 Å². The van der Waals surface area contributed by atoms with Crippen molar-refractivity contribution in [1.29, 1.82) is 0 Å². The lowest BCUT2D eigenvalue weighted by molar-refractivity contribution is 0.187. The lowest BCUT2D eigenvalue weighted by Crippen LogP contribution is -2.26. The van der Waals surface area contributed by atoms with E-state index < -0.39 is 6.17 Å². The third kappa shape index (κ3) is 3.39. The van der Waals surface area contributed by atoms with Crippen molar-refractivity contribution in [2.75, 3.05) is 6.54 Å². The highest BCUT2D eigenvalue weighted by atomic mass is 35.5. The van der Waals surface area contributed by atoms with E-state index in [1.165, 1.54) is 19.3 Å². The van der Waals surface area contributed by atoms with Crippen molar-refractivity contribution in [2.45, 2.75) is 38.3 Å². The fourth-order valence-corrected chi connectivity index (χ4v) is 1.69. The van der Waals surface area contributed by atoms with Crippen LogP contribution in [0.3, 0.4) is 0 Å². The van der Waals surface area contributed by atoms with Crippen LogP contribution < -0.4 is 5.73 Å². The Balaban J connectivity index is 0.000001000. The molecule has 0 aromatic rings. The average molecular weight is 182 g/mol. The molecule has 68 valence electrons. The number of alkyl halides is 1. The maximum atomic E-state index is 12.9. The van der Waals surface area contributed by atoms with Crippen molar-refractivity contribution in [1.82, 2.24) is 0 Å². The van der Waals surface area contributed by atoms with E-state index in [4.69, 9.17) is 5.73 Å². The number of halogens is 2. The Bertz CT molecular complexity index is 94.1. The molecule has 1 aliphatic rings. The summed E-state index contributed by atoms with van der Waals surface area (Å²) >= 11 is 0. The van der Waals surface area contributed by atoms with Crippen molar-refractivity contribution in [3.63, 3.8) is 0 Å². The van der Waals surface area contributed by atoms with E-state index in [2.05, 4.69) is 0 Å². The maximum Gasteiger partial charge on any atom is 0.115 e. The standard InChI is InChI=1S/C8H16FN.ClH/c9-8(6-10)7-4-2-1-3-5-7;/h7-8H,1-6,10H2;1H. The molecule has 3 heteroatoms. The van der Waals surface area contributed by atoms with Crippen LogP contribution in [0.1, 0.15) is 32.1 Å². The first kappa shape index (κ1) is 11.2. The van der Waals surface area contributed by atoms with E-state index in [1.807, 2.05) is 0 Å². The van der Waals surface area contributed by atoms with Crippen molar-refractivity contribution >= 4 is 12.4 Å². The zero-order valence-corrected chi connectivity index (χ0v) is 7.58. The Morgan fingerprint density at radius 3 is 2.27 bits per heavy atom. The molecule has 0 aromatic carbocycles. The smallest absolute Gasteiger partial charge is 0.115 e. The van der Waals surface area contributed by atoms with Gasteiger partial charge in [-0.3, -0.25) is 0 Å². The second kappa shape index (κ2) is 5.78. The van der Waals surface area contributed by atoms with Crippen LogP contribution in [-0.2, 0) is 0 Å². The molecule has 0 radical (unpaired) electrons. The Morgan fingerprint density at radius 1 is 1.27 bits per heavy atom. The first-order valence-corrected chi connectivity index (χ1v) is 4.18. The highest BCUT2D eigenvalue weighted by molar-refractivity contribution is 5.85. The highest BCUT2D eigenvalue weighted by Gasteiger charge is 2.21. The Labute approximate surface area is 73.9 Å². The number of hydrogen-bond acceptors (Lipinski definition) is 1. The van der Waals surface area contributed by atoms with Gasteiger partial charge in [0.15, 0.2) is 0 Å². The van der Waals surface area contributed by atoms with E-state index in [-0.39, 0.29) is 24.9 Å². The van der Waals surface area contributed by atoms with E-state index >= 15 is 0 Å². The van der Waals surface area contributed by atoms with Crippen LogP contribution in [0, 0.1) is 5.92 Å². The second-order valence-corrected chi connectivity index (χ2v) is 3.15. The van der Waals surface area contributed by atoms with Crippen molar-refractivity contribution in [2.24, 2.45) is 11.7 Å². The summed E-state index contributed by atoms with van der Waals surface area (Å²) in [5, 5.41) is 0. The SMILES string of the molecule is Cl.NCC(F)C1CCCCC1. The topological polar surface area (TPSA) is 26.0 Å². The van der Waals surface area contributed by atoms with E-state index in [9.17, 15) is 4.39 Å². The maximum absolute atomic E-state index is 12.9. The van der Waals surface area contributed by atoms with Crippen molar-refractivity contribution in [3.05, 3.63) is 0 Å². The summed E-state index contributed by atoms with van der Waals surface area (Å²) in [6.45, 7) is 0.213. The van der Waals surface area contributed by atoms with Gasteiger partial charge in [0.1, 0.15) is 6.17 Å². The van der Waals surface area contributed by atoms with Gasteiger partial charge in [-0.05, 0) is 18.8 Å². The molecule has 1 aliphatic carbocycles. The van der Waals surface area contributed by atoms with Gasteiger partial charge in [-0.15, -0.1) is 12.4 Å². The molecule has 0 saturated heterocycles. The van der Waals surface area contributed by atoms with Gasteiger partial charge in [0, 0.05) is 6.54 Å². The molecule has 1 rings (SSSR count). The predicted octanol–water partition coefficient (Wildman–Crippen LogP) is 2.29. The normalized spacial score (nSPS) is 22.4. The summed E-state index contributed by atoms with van der Waals surface area (Å²) in [5.74, 6) is 0.277. The first-order chi connectivity index (χ1) is 4.84. The molecule has 1 fully saturated rings. The zero-order valence-electron chi connectivity index (χ0n) is 6.76. The van der Waals surface area contributed by atoms with Gasteiger partial charge in [0.05, 0.1) is 0 Å². The van der Waals surface area contributed by atoms with Gasteiger partial charge in [0.2, 0.25) is 0 Å². The van der Waals surface area contributed by atoms with E-state index in [0.29, 0.717) is 0 Å². The van der Waals surface area contributed by atoms with Crippen molar-refractivity contribution in [3.8, 4) is 0 Å². The minimum Gasteiger partial charge on any atom is -0.328 e. The number of nitrogens with two attached hydrogens (primary N) is 1. The summed E-state index contributed by atoms with van der Waals surface area (Å²) in [6, 6.07) is 0. The largest absolute Gasteiger partial charge is 0.328 e. The average Bonchev–Trinajstić information content (AvgIpc) is 2.05. The van der Waals surface area contributed by atoms with Crippen molar-refractivity contribution < 1.29 is 4.39 Å². The lowest BCUT2D eigenvalue weighted by atomic mass is 9.86. The molecule has 1 saturated carbocycles. The minimum atomic E-state index is -0.736. The molecule has 1 nitrogen and oxygen atoms in total. The second-order valence-electron chi connectivity index (χ2n) is 3.15. The van der Waals surface area contributed by atoms with Gasteiger partial charge >= 0.3 is 0 Å². The molecule has 0 aromatic heterocycles. The third-order valence-corrected chi connectivity index (χ3v) is 2.39. The minimum absolute atomic E-state index is 0. The third-order valence-electron chi connectivity index (χ3n) is 2.39. The summed E-state index contributed by atoms with van der Waals surface area (Å²) < 4.78 is 12.9. The summed E-state index contributed by atoms with van der Waals surface area (Å²) in [5.41, 5.74) is 5.23. The molecule has 0 bridgehead atoms. The van der Waals surface area contributed by atoms with Crippen LogP contribution in [0.15, 0.2) is 0 Å². The fraction of sp³-hybridized carbons (Fsp3) is 1.00. The Morgan fingerprint density at radius 2 is 1.82 bits per heavy atom. The van der Waals surface area contributed by atoms with Crippen LogP contribution >= 0.6 is 12.4 Å². The zero-order chi connectivity index (χ0) is 7.40. The van der Waals surface area contributed by atoms with Gasteiger partial charge in [-0.25, -0.2) is 4.39 Å². The molecule has 1 atom stereocenters. The predicted molar refractivity (Wildman–Crippen MR) is 47.8 cm³/mol. The quantitative estimate of drug-likeness (QED) is 0.695. The lowest BCUT2D eigenvalue weighted by Gasteiger charge is -2.23. The summed E-state index contributed by atoms with van der Waals surface area (Å²) in [6.07, 6.45) is 5.06. The van der Waals surface area contributed by atoms with E-state index in [0.717, 1.165) is 12.8 Å². The Hall–Kier alpha value is 0.180. The fourth-order valence-electron chi connectivity index (χ4n) is 1.69. The van der Waals surface area contributed by atoms with Crippen LogP contribution in [0.2, 0.25) is 0 Å². The van der Waals surface area contributed by atoms with Gasteiger partial charge in [-0.1, -0.05) is 19.3 Å². The molecule has 1 unspecified atom stereocenters. The summed E-state index contributed by atoms with van der Waals surface area (Å²) in [4.78, 5) is 0. The summed E-state index contributed by atoms with van der Waals surface area (Å²) in [7, 11) is 0. The number of hydrogen-bond donors (Lipinski definition) is 1. The van der Waals surface area contributed by atoms with Gasteiger partial charge < -0.3 is 5.73 Å². The molecule has 11 heavy (non-hydrogen) atoms. The molecule has 2 N–H and O–H groups in total. The first-order valence-electron chi connectivity index (χ1n) is 4.18. The molecule has 0 spiro atoms. The van der Waals surface area contributed by atoms with E-state index in [1.54, 1.807) is 0 Å². The molecule has 0 aliphatic heterocycles. The highest BCUT2D eigenvalue weighted by Crippen LogP contribution is 2.27. The van der Waals surface area contributed by atoms with Gasteiger partial charge in [-0.2, -0.15) is 0 Å². The molecule has 0 heterocycles. The van der Waals surface area contributed by atoms with Crippen LogP contribution in [0.25, 0.3) is 0 Å². The Kier molecular flexibility index (Phi) is 5.88. The van der Waals surface area contributed by atoms with Crippen LogP contribution in [0.4, 0.5) is 4.39 Å². The number of rotatable bonds is 2. The molecular weight excluding hydrogens is 165 g/mol.